The molecular weight excluding hydrogens is 422 g/mol. The summed E-state index contributed by atoms with van der Waals surface area (Å²) < 4.78 is 0.899. The van der Waals surface area contributed by atoms with Gasteiger partial charge in [0, 0.05) is 22.8 Å². The first-order valence-corrected chi connectivity index (χ1v) is 10.4. The summed E-state index contributed by atoms with van der Waals surface area (Å²) in [6, 6.07) is 9.97. The molecule has 0 fully saturated rings. The predicted molar refractivity (Wildman–Crippen MR) is 119 cm³/mol. The number of nitrogens with zero attached hydrogens (tertiary/aromatic N) is 3. The lowest BCUT2D eigenvalue weighted by molar-refractivity contribution is -0.00230. The molecule has 4 heterocycles. The van der Waals surface area contributed by atoms with Gasteiger partial charge in [-0.2, -0.15) is 0 Å². The van der Waals surface area contributed by atoms with Crippen LogP contribution in [0.4, 0.5) is 5.82 Å². The van der Waals surface area contributed by atoms with Gasteiger partial charge in [0.25, 0.3) is 0 Å². The Balaban J connectivity index is 1.80. The van der Waals surface area contributed by atoms with Crippen LogP contribution in [0.15, 0.2) is 48.8 Å². The molecule has 0 aliphatic rings. The van der Waals surface area contributed by atoms with Crippen molar-refractivity contribution in [2.45, 2.75) is 18.6 Å². The molecule has 30 heavy (non-hydrogen) atoms. The molecule has 154 valence electrons. The van der Waals surface area contributed by atoms with E-state index < -0.39 is 18.2 Å². The third kappa shape index (κ3) is 3.76. The number of aliphatic hydroxyl groups is 2. The molecule has 0 bridgehead atoms. The van der Waals surface area contributed by atoms with E-state index in [-0.39, 0.29) is 0 Å². The van der Waals surface area contributed by atoms with Crippen molar-refractivity contribution in [3.05, 3.63) is 69.9 Å². The van der Waals surface area contributed by atoms with E-state index >= 15 is 0 Å². The minimum Gasteiger partial charge on any atom is -0.393 e. The summed E-state index contributed by atoms with van der Waals surface area (Å²) in [7, 11) is 0. The van der Waals surface area contributed by atoms with Gasteiger partial charge in [0.05, 0.1) is 39.3 Å². The lowest BCUT2D eigenvalue weighted by atomic mass is 9.96. The number of thiophene rings is 1. The van der Waals surface area contributed by atoms with Gasteiger partial charge in [-0.15, -0.1) is 11.3 Å². The molecule has 0 amide bonds. The van der Waals surface area contributed by atoms with E-state index in [0.29, 0.717) is 27.8 Å². The molecule has 0 saturated heterocycles. The monoisotopic (exact) mass is 441 g/mol. The fraction of sp³-hybridized carbons (Fsp3) is 0.190. The quantitative estimate of drug-likeness (QED) is 0.373. The zero-order chi connectivity index (χ0) is 21.5. The first-order valence-electron chi connectivity index (χ1n) is 9.16. The van der Waals surface area contributed by atoms with Crippen molar-refractivity contribution in [1.29, 1.82) is 0 Å². The maximum Gasteiger partial charge on any atom is 0.123 e. The molecule has 4 aromatic rings. The third-order valence-corrected chi connectivity index (χ3v) is 6.45. The summed E-state index contributed by atoms with van der Waals surface area (Å²) in [4.78, 5) is 14.0. The van der Waals surface area contributed by atoms with Crippen LogP contribution in [0.1, 0.15) is 29.1 Å². The average molecular weight is 442 g/mol. The Morgan fingerprint density at radius 2 is 1.93 bits per heavy atom. The van der Waals surface area contributed by atoms with Gasteiger partial charge in [0.1, 0.15) is 11.4 Å². The van der Waals surface area contributed by atoms with Crippen LogP contribution < -0.4 is 11.5 Å². The largest absolute Gasteiger partial charge is 0.393 e. The fourth-order valence-electron chi connectivity index (χ4n) is 3.14. The SMILES string of the molecule is CC(O)(CO)c1ccnc(-c2ccnc3cc(C(N)c4nc(N)ccc4Cl)sc23)c1. The predicted octanol–water partition coefficient (Wildman–Crippen LogP) is 3.24. The van der Waals surface area contributed by atoms with Crippen LogP contribution in [0.2, 0.25) is 5.02 Å². The first-order chi connectivity index (χ1) is 14.3. The maximum atomic E-state index is 10.4. The molecule has 0 radical (unpaired) electrons. The van der Waals surface area contributed by atoms with Crippen molar-refractivity contribution < 1.29 is 10.2 Å². The van der Waals surface area contributed by atoms with Crippen LogP contribution in [-0.2, 0) is 5.60 Å². The average Bonchev–Trinajstić information content (AvgIpc) is 3.19. The normalized spacial score (nSPS) is 14.6. The van der Waals surface area contributed by atoms with Gasteiger partial charge in [0.15, 0.2) is 0 Å². The maximum absolute atomic E-state index is 10.4. The van der Waals surface area contributed by atoms with Crippen LogP contribution >= 0.6 is 22.9 Å². The van der Waals surface area contributed by atoms with E-state index in [9.17, 15) is 10.2 Å². The Bertz CT molecular complexity index is 1230. The molecule has 2 atom stereocenters. The standard InChI is InChI=1S/C21H20ClN5O2S/c1-21(29,10-28)11-4-6-25-14(8-11)12-5-7-26-15-9-16(30-20(12)15)18(24)19-13(22)2-3-17(23)27-19/h2-9,18,28-29H,10,24H2,1H3,(H2,23,27). The van der Waals surface area contributed by atoms with Crippen molar-refractivity contribution in [3.63, 3.8) is 0 Å². The molecule has 4 aromatic heterocycles. The number of anilines is 1. The zero-order valence-corrected chi connectivity index (χ0v) is 17.7. The molecule has 0 aliphatic carbocycles. The highest BCUT2D eigenvalue weighted by Gasteiger charge is 2.23. The van der Waals surface area contributed by atoms with Gasteiger partial charge in [-0.3, -0.25) is 9.97 Å². The molecule has 0 aliphatic heterocycles. The second kappa shape index (κ2) is 7.90. The number of nitrogens with two attached hydrogens (primary N) is 2. The van der Waals surface area contributed by atoms with Crippen molar-refractivity contribution >= 4 is 39.0 Å². The highest BCUT2D eigenvalue weighted by molar-refractivity contribution is 7.19. The Morgan fingerprint density at radius 1 is 1.17 bits per heavy atom. The van der Waals surface area contributed by atoms with E-state index in [0.717, 1.165) is 20.7 Å². The summed E-state index contributed by atoms with van der Waals surface area (Å²) in [6.45, 7) is 1.16. The van der Waals surface area contributed by atoms with Gasteiger partial charge in [-0.05, 0) is 48.9 Å². The highest BCUT2D eigenvalue weighted by Crippen LogP contribution is 2.38. The van der Waals surface area contributed by atoms with E-state index in [2.05, 4.69) is 15.0 Å². The number of aliphatic hydroxyl groups excluding tert-OH is 1. The molecular formula is C21H20ClN5O2S. The van der Waals surface area contributed by atoms with Gasteiger partial charge in [-0.1, -0.05) is 11.6 Å². The molecule has 4 rings (SSSR count). The number of aromatic nitrogens is 3. The molecule has 9 heteroatoms. The summed E-state index contributed by atoms with van der Waals surface area (Å²) in [6.07, 6.45) is 3.31. The number of pyridine rings is 3. The Labute approximate surface area is 182 Å². The second-order valence-corrected chi connectivity index (χ2v) is 8.66. The minimum atomic E-state index is -1.36. The second-order valence-electron chi connectivity index (χ2n) is 7.16. The molecule has 0 aromatic carbocycles. The summed E-state index contributed by atoms with van der Waals surface area (Å²) in [5.41, 5.74) is 14.2. The van der Waals surface area contributed by atoms with Crippen LogP contribution in [0.25, 0.3) is 21.5 Å². The number of fused-ring (bicyclic) bond motifs is 1. The summed E-state index contributed by atoms with van der Waals surface area (Å²) in [5.74, 6) is 0.349. The van der Waals surface area contributed by atoms with Crippen LogP contribution in [-0.4, -0.2) is 31.8 Å². The van der Waals surface area contributed by atoms with E-state index in [1.807, 2.05) is 12.1 Å². The third-order valence-electron chi connectivity index (χ3n) is 4.89. The fourth-order valence-corrected chi connectivity index (χ4v) is 4.51. The molecule has 7 nitrogen and oxygen atoms in total. The number of halogens is 1. The van der Waals surface area contributed by atoms with Crippen LogP contribution in [0.5, 0.6) is 0 Å². The molecule has 0 saturated carbocycles. The van der Waals surface area contributed by atoms with Crippen molar-refractivity contribution in [3.8, 4) is 11.3 Å². The number of hydrogen-bond donors (Lipinski definition) is 4. The summed E-state index contributed by atoms with van der Waals surface area (Å²) in [5, 5.41) is 20.3. The smallest absolute Gasteiger partial charge is 0.123 e. The molecule has 6 N–H and O–H groups in total. The van der Waals surface area contributed by atoms with Crippen molar-refractivity contribution in [1.82, 2.24) is 15.0 Å². The highest BCUT2D eigenvalue weighted by atomic mass is 35.5. The van der Waals surface area contributed by atoms with Gasteiger partial charge in [0.2, 0.25) is 0 Å². The van der Waals surface area contributed by atoms with Gasteiger partial charge in [-0.25, -0.2) is 4.98 Å². The topological polar surface area (TPSA) is 131 Å². The van der Waals surface area contributed by atoms with Gasteiger partial charge >= 0.3 is 0 Å². The molecule has 2 unspecified atom stereocenters. The Morgan fingerprint density at radius 3 is 2.70 bits per heavy atom. The lowest BCUT2D eigenvalue weighted by Gasteiger charge is -2.21. The number of rotatable bonds is 5. The van der Waals surface area contributed by atoms with Crippen LogP contribution in [0.3, 0.4) is 0 Å². The summed E-state index contributed by atoms with van der Waals surface area (Å²) >= 11 is 7.75. The van der Waals surface area contributed by atoms with E-state index in [1.165, 1.54) is 11.3 Å². The number of hydrogen-bond acceptors (Lipinski definition) is 8. The number of nitrogen functional groups attached to an aromatic ring is 1. The van der Waals surface area contributed by atoms with Crippen molar-refractivity contribution in [2.24, 2.45) is 5.73 Å². The Hall–Kier alpha value is -2.62. The van der Waals surface area contributed by atoms with Crippen molar-refractivity contribution in [2.75, 3.05) is 12.3 Å². The minimum absolute atomic E-state index is 0.349. The molecule has 0 spiro atoms. The lowest BCUT2D eigenvalue weighted by Crippen LogP contribution is -2.25. The zero-order valence-electron chi connectivity index (χ0n) is 16.1. The Kier molecular flexibility index (Phi) is 5.44. The van der Waals surface area contributed by atoms with E-state index in [1.54, 1.807) is 43.6 Å². The van der Waals surface area contributed by atoms with E-state index in [4.69, 9.17) is 23.1 Å². The van der Waals surface area contributed by atoms with Gasteiger partial charge < -0.3 is 21.7 Å². The van der Waals surface area contributed by atoms with Crippen LogP contribution in [0, 0.1) is 0 Å². The first kappa shape index (κ1) is 20.6.